The summed E-state index contributed by atoms with van der Waals surface area (Å²) in [6.07, 6.45) is 0. The summed E-state index contributed by atoms with van der Waals surface area (Å²) in [5, 5.41) is 0.380. The third kappa shape index (κ3) is 2.64. The zero-order valence-electron chi connectivity index (χ0n) is 10.8. The third-order valence-electron chi connectivity index (χ3n) is 2.62. The molecule has 1 rings (SSSR count). The summed E-state index contributed by atoms with van der Waals surface area (Å²) in [4.78, 5) is 23.3. The average molecular weight is 271 g/mol. The molecule has 1 aromatic carbocycles. The van der Waals surface area contributed by atoms with Crippen LogP contribution in [0.25, 0.3) is 0 Å². The Labute approximate surface area is 111 Å². The van der Waals surface area contributed by atoms with Crippen LogP contribution < -0.4 is 4.74 Å². The standard InChI is InChI=1S/C13H15ClO4/c1-5-18-13(16)11(15)9-6-10(14)8(3)12(17-4)7(9)2/h6H,5H2,1-4H3. The van der Waals surface area contributed by atoms with Gasteiger partial charge in [0.15, 0.2) is 0 Å². The molecule has 0 heterocycles. The van der Waals surface area contributed by atoms with Gasteiger partial charge in [-0.15, -0.1) is 0 Å². The van der Waals surface area contributed by atoms with Crippen molar-refractivity contribution in [3.05, 3.63) is 27.8 Å². The number of carbonyl (C=O) groups excluding carboxylic acids is 2. The molecule has 0 unspecified atom stereocenters. The van der Waals surface area contributed by atoms with Crippen LogP contribution in [0.5, 0.6) is 5.75 Å². The Balaban J connectivity index is 3.30. The number of esters is 1. The first kappa shape index (κ1) is 14.5. The van der Waals surface area contributed by atoms with Crippen LogP contribution in [0.3, 0.4) is 0 Å². The number of benzene rings is 1. The van der Waals surface area contributed by atoms with Gasteiger partial charge in [-0.3, -0.25) is 4.79 Å². The van der Waals surface area contributed by atoms with Crippen molar-refractivity contribution in [2.24, 2.45) is 0 Å². The molecular weight excluding hydrogens is 256 g/mol. The molecule has 0 aliphatic heterocycles. The lowest BCUT2D eigenvalue weighted by Crippen LogP contribution is -2.19. The number of methoxy groups -OCH3 is 1. The zero-order valence-corrected chi connectivity index (χ0v) is 11.6. The molecule has 0 saturated heterocycles. The maximum Gasteiger partial charge on any atom is 0.379 e. The molecule has 0 aromatic heterocycles. The van der Waals surface area contributed by atoms with E-state index in [1.807, 2.05) is 0 Å². The molecule has 98 valence electrons. The number of halogens is 1. The highest BCUT2D eigenvalue weighted by atomic mass is 35.5. The molecule has 0 spiro atoms. The molecule has 0 N–H and O–H groups in total. The highest BCUT2D eigenvalue weighted by Crippen LogP contribution is 2.32. The van der Waals surface area contributed by atoms with Gasteiger partial charge < -0.3 is 9.47 Å². The van der Waals surface area contributed by atoms with Gasteiger partial charge in [-0.1, -0.05) is 11.6 Å². The molecule has 0 fully saturated rings. The fourth-order valence-corrected chi connectivity index (χ4v) is 1.90. The Kier molecular flexibility index (Phi) is 4.73. The summed E-state index contributed by atoms with van der Waals surface area (Å²) in [5.74, 6) is -1.09. The van der Waals surface area contributed by atoms with E-state index in [1.54, 1.807) is 20.8 Å². The molecule has 1 aromatic rings. The molecule has 0 aliphatic carbocycles. The van der Waals surface area contributed by atoms with Crippen LogP contribution >= 0.6 is 11.6 Å². The van der Waals surface area contributed by atoms with E-state index in [9.17, 15) is 9.59 Å². The predicted molar refractivity (Wildman–Crippen MR) is 68.4 cm³/mol. The number of carbonyl (C=O) groups is 2. The van der Waals surface area contributed by atoms with Gasteiger partial charge in [-0.25, -0.2) is 4.79 Å². The van der Waals surface area contributed by atoms with Gasteiger partial charge in [0.05, 0.1) is 13.7 Å². The van der Waals surface area contributed by atoms with E-state index in [-0.39, 0.29) is 12.2 Å². The minimum absolute atomic E-state index is 0.153. The van der Waals surface area contributed by atoms with Gasteiger partial charge in [0.2, 0.25) is 0 Å². The van der Waals surface area contributed by atoms with Crippen LogP contribution in [0.2, 0.25) is 5.02 Å². The lowest BCUT2D eigenvalue weighted by Gasteiger charge is -2.13. The Morgan fingerprint density at radius 3 is 2.39 bits per heavy atom. The first-order valence-corrected chi connectivity index (χ1v) is 5.86. The van der Waals surface area contributed by atoms with Crippen LogP contribution in [0.15, 0.2) is 6.07 Å². The van der Waals surface area contributed by atoms with Crippen molar-refractivity contribution in [2.45, 2.75) is 20.8 Å². The lowest BCUT2D eigenvalue weighted by molar-refractivity contribution is -0.137. The van der Waals surface area contributed by atoms with E-state index in [0.29, 0.717) is 16.3 Å². The Morgan fingerprint density at radius 1 is 1.28 bits per heavy atom. The molecule has 0 aliphatic rings. The van der Waals surface area contributed by atoms with Gasteiger partial charge >= 0.3 is 5.97 Å². The number of hydrogen-bond donors (Lipinski definition) is 0. The Morgan fingerprint density at radius 2 is 1.89 bits per heavy atom. The molecule has 0 saturated carbocycles. The maximum absolute atomic E-state index is 11.9. The summed E-state index contributed by atoms with van der Waals surface area (Å²) < 4.78 is 9.88. The van der Waals surface area contributed by atoms with Crippen molar-refractivity contribution in [3.8, 4) is 5.75 Å². The molecule has 4 nitrogen and oxygen atoms in total. The Hall–Kier alpha value is -1.55. The number of ketones is 1. The summed E-state index contributed by atoms with van der Waals surface area (Å²) in [6, 6.07) is 1.47. The van der Waals surface area contributed by atoms with Crippen LogP contribution in [0, 0.1) is 13.8 Å². The van der Waals surface area contributed by atoms with E-state index >= 15 is 0 Å². The van der Waals surface area contributed by atoms with Gasteiger partial charge in [0.1, 0.15) is 5.75 Å². The van der Waals surface area contributed by atoms with Crippen molar-refractivity contribution < 1.29 is 19.1 Å². The second-order valence-electron chi connectivity index (χ2n) is 3.74. The number of rotatable bonds is 4. The van der Waals surface area contributed by atoms with Crippen LogP contribution in [-0.2, 0) is 9.53 Å². The van der Waals surface area contributed by atoms with Gasteiger partial charge in [0.25, 0.3) is 5.78 Å². The van der Waals surface area contributed by atoms with E-state index in [1.165, 1.54) is 13.2 Å². The molecule has 0 amide bonds. The number of Topliss-reactive ketones (excluding diaryl/α,β-unsaturated/α-hetero) is 1. The van der Waals surface area contributed by atoms with Crippen LogP contribution in [0.4, 0.5) is 0 Å². The SMILES string of the molecule is CCOC(=O)C(=O)c1cc(Cl)c(C)c(OC)c1C. The fourth-order valence-electron chi connectivity index (χ4n) is 1.70. The summed E-state index contributed by atoms with van der Waals surface area (Å²) >= 11 is 6.01. The highest BCUT2D eigenvalue weighted by molar-refractivity contribution is 6.42. The first-order valence-electron chi connectivity index (χ1n) is 5.49. The van der Waals surface area contributed by atoms with Gasteiger partial charge in [-0.2, -0.15) is 0 Å². The van der Waals surface area contributed by atoms with Crippen LogP contribution in [-0.4, -0.2) is 25.5 Å². The largest absolute Gasteiger partial charge is 0.496 e. The van der Waals surface area contributed by atoms with Crippen molar-refractivity contribution in [1.29, 1.82) is 0 Å². The monoisotopic (exact) mass is 270 g/mol. The van der Waals surface area contributed by atoms with Crippen molar-refractivity contribution in [1.82, 2.24) is 0 Å². The average Bonchev–Trinajstić information content (AvgIpc) is 2.34. The summed E-state index contributed by atoms with van der Waals surface area (Å²) in [5.41, 5.74) is 1.52. The normalized spacial score (nSPS) is 10.1. The van der Waals surface area contributed by atoms with Crippen molar-refractivity contribution in [3.63, 3.8) is 0 Å². The van der Waals surface area contributed by atoms with E-state index in [0.717, 1.165) is 5.56 Å². The van der Waals surface area contributed by atoms with Crippen molar-refractivity contribution >= 4 is 23.4 Å². The van der Waals surface area contributed by atoms with E-state index in [2.05, 4.69) is 4.74 Å². The molecule has 18 heavy (non-hydrogen) atoms. The lowest BCUT2D eigenvalue weighted by atomic mass is 10.0. The summed E-state index contributed by atoms with van der Waals surface area (Å²) in [6.45, 7) is 5.28. The number of ether oxygens (including phenoxy) is 2. The molecule has 5 heteroatoms. The van der Waals surface area contributed by atoms with E-state index < -0.39 is 11.8 Å². The zero-order chi connectivity index (χ0) is 13.9. The predicted octanol–water partition coefficient (Wildman–Crippen LogP) is 2.71. The Bertz CT molecular complexity index is 494. The van der Waals surface area contributed by atoms with Gasteiger partial charge in [0, 0.05) is 21.7 Å². The molecule has 0 bridgehead atoms. The first-order chi connectivity index (χ1) is 8.43. The van der Waals surface area contributed by atoms with Crippen LogP contribution in [0.1, 0.15) is 28.4 Å². The summed E-state index contributed by atoms with van der Waals surface area (Å²) in [7, 11) is 1.49. The quantitative estimate of drug-likeness (QED) is 0.480. The molecular formula is C13H15ClO4. The third-order valence-corrected chi connectivity index (χ3v) is 3.02. The minimum atomic E-state index is -0.887. The fraction of sp³-hybridized carbons (Fsp3) is 0.385. The van der Waals surface area contributed by atoms with Gasteiger partial charge in [-0.05, 0) is 26.8 Å². The minimum Gasteiger partial charge on any atom is -0.496 e. The smallest absolute Gasteiger partial charge is 0.379 e. The second-order valence-corrected chi connectivity index (χ2v) is 4.15. The maximum atomic E-state index is 11.9. The van der Waals surface area contributed by atoms with Crippen molar-refractivity contribution in [2.75, 3.05) is 13.7 Å². The topological polar surface area (TPSA) is 52.6 Å². The molecule has 0 radical (unpaired) electrons. The number of hydrogen-bond acceptors (Lipinski definition) is 4. The second kappa shape index (κ2) is 5.87. The molecule has 0 atom stereocenters. The highest BCUT2D eigenvalue weighted by Gasteiger charge is 2.23. The van der Waals surface area contributed by atoms with E-state index in [4.69, 9.17) is 16.3 Å².